The number of amides is 1. The molecule has 0 spiro atoms. The summed E-state index contributed by atoms with van der Waals surface area (Å²) in [5.74, 6) is -0.679. The molecule has 2 aromatic rings. The molecule has 0 bridgehead atoms. The van der Waals surface area contributed by atoms with Crippen LogP contribution in [0.1, 0.15) is 29.9 Å². The SMILES string of the molecule is CC(C)NC(=O)c1ccc(=O)n(Cc2ccc(F)cc2)n1. The van der Waals surface area contributed by atoms with Gasteiger partial charge in [-0.3, -0.25) is 9.59 Å². The molecule has 0 saturated heterocycles. The molecule has 0 radical (unpaired) electrons. The lowest BCUT2D eigenvalue weighted by Crippen LogP contribution is -2.33. The van der Waals surface area contributed by atoms with Crippen LogP contribution >= 0.6 is 0 Å². The largest absolute Gasteiger partial charge is 0.348 e. The van der Waals surface area contributed by atoms with E-state index in [0.29, 0.717) is 0 Å². The number of benzene rings is 1. The summed E-state index contributed by atoms with van der Waals surface area (Å²) in [6, 6.07) is 8.45. The Kier molecular flexibility index (Phi) is 4.47. The first kappa shape index (κ1) is 14.9. The highest BCUT2D eigenvalue weighted by Gasteiger charge is 2.10. The van der Waals surface area contributed by atoms with E-state index in [9.17, 15) is 14.0 Å². The highest BCUT2D eigenvalue weighted by atomic mass is 19.1. The minimum absolute atomic E-state index is 0.0169. The van der Waals surface area contributed by atoms with Gasteiger partial charge in [-0.25, -0.2) is 9.07 Å². The van der Waals surface area contributed by atoms with Gasteiger partial charge in [-0.05, 0) is 37.6 Å². The Bertz CT molecular complexity index is 693. The number of halogens is 1. The van der Waals surface area contributed by atoms with Crippen LogP contribution in [0.15, 0.2) is 41.2 Å². The number of hydrogen-bond donors (Lipinski definition) is 1. The molecule has 1 aromatic heterocycles. The van der Waals surface area contributed by atoms with Gasteiger partial charge in [0.15, 0.2) is 0 Å². The first-order chi connectivity index (χ1) is 9.95. The standard InChI is InChI=1S/C15H16FN3O2/c1-10(2)17-15(21)13-7-8-14(20)19(18-13)9-11-3-5-12(16)6-4-11/h3-8,10H,9H2,1-2H3,(H,17,21). The fourth-order valence-electron chi connectivity index (χ4n) is 1.78. The Morgan fingerprint density at radius 2 is 1.90 bits per heavy atom. The zero-order valence-electron chi connectivity index (χ0n) is 11.8. The second kappa shape index (κ2) is 6.30. The van der Waals surface area contributed by atoms with Crippen LogP contribution in [-0.2, 0) is 6.54 Å². The highest BCUT2D eigenvalue weighted by molar-refractivity contribution is 5.92. The second-order valence-electron chi connectivity index (χ2n) is 4.97. The van der Waals surface area contributed by atoms with Crippen LogP contribution in [0.25, 0.3) is 0 Å². The van der Waals surface area contributed by atoms with E-state index >= 15 is 0 Å². The molecule has 0 fully saturated rings. The van der Waals surface area contributed by atoms with Crippen molar-refractivity contribution >= 4 is 5.91 Å². The number of carbonyl (C=O) groups is 1. The molecular weight excluding hydrogens is 273 g/mol. The van der Waals surface area contributed by atoms with E-state index in [1.54, 1.807) is 12.1 Å². The molecule has 0 aliphatic heterocycles. The molecule has 0 unspecified atom stereocenters. The van der Waals surface area contributed by atoms with Crippen molar-refractivity contribution in [1.29, 1.82) is 0 Å². The number of nitrogens with one attached hydrogen (secondary N) is 1. The van der Waals surface area contributed by atoms with Gasteiger partial charge in [0.25, 0.3) is 11.5 Å². The van der Waals surface area contributed by atoms with Crippen molar-refractivity contribution < 1.29 is 9.18 Å². The van der Waals surface area contributed by atoms with Crippen molar-refractivity contribution in [3.8, 4) is 0 Å². The van der Waals surface area contributed by atoms with Gasteiger partial charge in [0.1, 0.15) is 11.5 Å². The van der Waals surface area contributed by atoms with Gasteiger partial charge in [-0.15, -0.1) is 0 Å². The van der Waals surface area contributed by atoms with Gasteiger partial charge >= 0.3 is 0 Å². The Hall–Kier alpha value is -2.50. The molecule has 0 aliphatic carbocycles. The fraction of sp³-hybridized carbons (Fsp3) is 0.267. The van der Waals surface area contributed by atoms with E-state index in [1.165, 1.54) is 28.9 Å². The minimum Gasteiger partial charge on any atom is -0.348 e. The van der Waals surface area contributed by atoms with E-state index in [4.69, 9.17) is 0 Å². The van der Waals surface area contributed by atoms with E-state index in [-0.39, 0.29) is 35.6 Å². The molecule has 1 amide bonds. The van der Waals surface area contributed by atoms with Crippen LogP contribution in [-0.4, -0.2) is 21.7 Å². The molecule has 0 aliphatic rings. The zero-order valence-corrected chi connectivity index (χ0v) is 11.8. The summed E-state index contributed by atoms with van der Waals surface area (Å²) in [6.07, 6.45) is 0. The molecule has 5 nitrogen and oxygen atoms in total. The molecule has 1 N–H and O–H groups in total. The van der Waals surface area contributed by atoms with Gasteiger partial charge in [-0.2, -0.15) is 5.10 Å². The summed E-state index contributed by atoms with van der Waals surface area (Å²) < 4.78 is 14.0. The Morgan fingerprint density at radius 1 is 1.24 bits per heavy atom. The zero-order chi connectivity index (χ0) is 15.4. The summed E-state index contributed by atoms with van der Waals surface area (Å²) in [7, 11) is 0. The predicted molar refractivity (Wildman–Crippen MR) is 76.6 cm³/mol. The average molecular weight is 289 g/mol. The van der Waals surface area contributed by atoms with Crippen LogP contribution < -0.4 is 10.9 Å². The molecule has 110 valence electrons. The van der Waals surface area contributed by atoms with Crippen molar-refractivity contribution in [2.75, 3.05) is 0 Å². The summed E-state index contributed by atoms with van der Waals surface area (Å²) in [6.45, 7) is 3.86. The first-order valence-electron chi connectivity index (χ1n) is 6.59. The van der Waals surface area contributed by atoms with Crippen LogP contribution in [0.2, 0.25) is 0 Å². The molecule has 2 rings (SSSR count). The van der Waals surface area contributed by atoms with Crippen molar-refractivity contribution in [2.24, 2.45) is 0 Å². The smallest absolute Gasteiger partial charge is 0.271 e. The lowest BCUT2D eigenvalue weighted by atomic mass is 10.2. The highest BCUT2D eigenvalue weighted by Crippen LogP contribution is 2.03. The molecule has 21 heavy (non-hydrogen) atoms. The van der Waals surface area contributed by atoms with E-state index in [0.717, 1.165) is 5.56 Å². The monoisotopic (exact) mass is 289 g/mol. The van der Waals surface area contributed by atoms with E-state index in [1.807, 2.05) is 13.8 Å². The lowest BCUT2D eigenvalue weighted by Gasteiger charge is -2.09. The Morgan fingerprint density at radius 3 is 2.52 bits per heavy atom. The summed E-state index contributed by atoms with van der Waals surface area (Å²) in [5.41, 5.74) is 0.582. The molecular formula is C15H16FN3O2. The summed E-state index contributed by atoms with van der Waals surface area (Å²) in [4.78, 5) is 23.7. The lowest BCUT2D eigenvalue weighted by molar-refractivity contribution is 0.0935. The third-order valence-electron chi connectivity index (χ3n) is 2.76. The van der Waals surface area contributed by atoms with Gasteiger partial charge in [-0.1, -0.05) is 12.1 Å². The summed E-state index contributed by atoms with van der Waals surface area (Å²) >= 11 is 0. The number of nitrogens with zero attached hydrogens (tertiary/aromatic N) is 2. The first-order valence-corrected chi connectivity index (χ1v) is 6.59. The van der Waals surface area contributed by atoms with Crippen molar-refractivity contribution in [3.05, 3.63) is 63.8 Å². The minimum atomic E-state index is -0.343. The Labute approximate surface area is 121 Å². The third kappa shape index (κ3) is 3.98. The Balaban J connectivity index is 2.25. The second-order valence-corrected chi connectivity index (χ2v) is 4.97. The van der Waals surface area contributed by atoms with E-state index in [2.05, 4.69) is 10.4 Å². The molecule has 1 heterocycles. The molecule has 6 heteroatoms. The van der Waals surface area contributed by atoms with Crippen LogP contribution in [0, 0.1) is 5.82 Å². The molecule has 0 saturated carbocycles. The molecule has 1 aromatic carbocycles. The normalized spacial score (nSPS) is 10.7. The average Bonchev–Trinajstić information content (AvgIpc) is 2.43. The number of carbonyl (C=O) groups excluding carboxylic acids is 1. The van der Waals surface area contributed by atoms with Gasteiger partial charge in [0.05, 0.1) is 6.54 Å². The van der Waals surface area contributed by atoms with Gasteiger partial charge < -0.3 is 5.32 Å². The number of hydrogen-bond acceptors (Lipinski definition) is 3. The van der Waals surface area contributed by atoms with Crippen LogP contribution in [0.5, 0.6) is 0 Å². The molecule has 0 atom stereocenters. The van der Waals surface area contributed by atoms with Crippen LogP contribution in [0.3, 0.4) is 0 Å². The maximum absolute atomic E-state index is 12.9. The van der Waals surface area contributed by atoms with Crippen molar-refractivity contribution in [1.82, 2.24) is 15.1 Å². The predicted octanol–water partition coefficient (Wildman–Crippen LogP) is 1.57. The van der Waals surface area contributed by atoms with Crippen LogP contribution in [0.4, 0.5) is 4.39 Å². The quantitative estimate of drug-likeness (QED) is 0.929. The van der Waals surface area contributed by atoms with Crippen molar-refractivity contribution in [2.45, 2.75) is 26.4 Å². The number of rotatable bonds is 4. The topological polar surface area (TPSA) is 64.0 Å². The maximum atomic E-state index is 12.9. The van der Waals surface area contributed by atoms with Gasteiger partial charge in [0.2, 0.25) is 0 Å². The maximum Gasteiger partial charge on any atom is 0.271 e. The summed E-state index contributed by atoms with van der Waals surface area (Å²) in [5, 5.41) is 6.75. The number of aromatic nitrogens is 2. The van der Waals surface area contributed by atoms with E-state index < -0.39 is 0 Å². The van der Waals surface area contributed by atoms with Gasteiger partial charge in [0, 0.05) is 12.1 Å². The fourth-order valence-corrected chi connectivity index (χ4v) is 1.78. The third-order valence-corrected chi connectivity index (χ3v) is 2.76. The van der Waals surface area contributed by atoms with Crippen molar-refractivity contribution in [3.63, 3.8) is 0 Å².